The summed E-state index contributed by atoms with van der Waals surface area (Å²) >= 11 is 0. The van der Waals surface area contributed by atoms with E-state index >= 15 is 0 Å². The number of benzene rings is 2. The number of hydrogen-bond acceptors (Lipinski definition) is 4. The van der Waals surface area contributed by atoms with E-state index in [4.69, 9.17) is 4.52 Å². The minimum atomic E-state index is -0.385. The highest BCUT2D eigenvalue weighted by molar-refractivity contribution is 5.78. The van der Waals surface area contributed by atoms with Crippen molar-refractivity contribution >= 4 is 5.91 Å². The standard InChI is InChI=1S/C19H18FN3O2/c1-13-6-5-8-15(10-13)19-21-17(25-22-19)12-23(2)18(24)11-14-7-3-4-9-16(14)20/h3-10H,11-12H2,1-2H3. The second-order valence-corrected chi connectivity index (χ2v) is 5.90. The Morgan fingerprint density at radius 3 is 2.76 bits per heavy atom. The van der Waals surface area contributed by atoms with Crippen molar-refractivity contribution in [3.8, 4) is 11.4 Å². The van der Waals surface area contributed by atoms with Gasteiger partial charge in [0.15, 0.2) is 0 Å². The fourth-order valence-electron chi connectivity index (χ4n) is 2.45. The van der Waals surface area contributed by atoms with E-state index in [1.807, 2.05) is 31.2 Å². The Kier molecular flexibility index (Phi) is 4.88. The molecule has 0 radical (unpaired) electrons. The molecule has 0 unspecified atom stereocenters. The summed E-state index contributed by atoms with van der Waals surface area (Å²) in [6.45, 7) is 2.16. The number of carbonyl (C=O) groups excluding carboxylic acids is 1. The van der Waals surface area contributed by atoms with Crippen molar-refractivity contribution in [3.63, 3.8) is 0 Å². The molecule has 0 N–H and O–H groups in total. The number of rotatable bonds is 5. The number of halogens is 1. The molecule has 25 heavy (non-hydrogen) atoms. The summed E-state index contributed by atoms with van der Waals surface area (Å²) in [6, 6.07) is 14.0. The Labute approximate surface area is 145 Å². The van der Waals surface area contributed by atoms with Crippen molar-refractivity contribution < 1.29 is 13.7 Å². The summed E-state index contributed by atoms with van der Waals surface area (Å²) in [5.74, 6) is 0.207. The monoisotopic (exact) mass is 339 g/mol. The van der Waals surface area contributed by atoms with E-state index in [2.05, 4.69) is 10.1 Å². The summed E-state index contributed by atoms with van der Waals surface area (Å²) in [5, 5.41) is 3.95. The van der Waals surface area contributed by atoms with Crippen LogP contribution in [0.1, 0.15) is 17.0 Å². The molecule has 0 bridgehead atoms. The minimum Gasteiger partial charge on any atom is -0.337 e. The van der Waals surface area contributed by atoms with Gasteiger partial charge < -0.3 is 9.42 Å². The predicted octanol–water partition coefficient (Wildman–Crippen LogP) is 3.39. The molecule has 3 aromatic rings. The summed E-state index contributed by atoms with van der Waals surface area (Å²) in [6.07, 6.45) is -0.0119. The topological polar surface area (TPSA) is 59.2 Å². The van der Waals surface area contributed by atoms with Crippen LogP contribution in [0.5, 0.6) is 0 Å². The number of likely N-dealkylation sites (N-methyl/N-ethyl adjacent to an activating group) is 1. The molecule has 0 aliphatic carbocycles. The molecule has 0 saturated carbocycles. The molecule has 5 nitrogen and oxygen atoms in total. The molecule has 0 spiro atoms. The van der Waals surface area contributed by atoms with Crippen LogP contribution in [-0.4, -0.2) is 28.0 Å². The zero-order valence-corrected chi connectivity index (χ0v) is 14.1. The van der Waals surface area contributed by atoms with Crippen molar-refractivity contribution in [3.05, 3.63) is 71.4 Å². The molecule has 3 rings (SSSR count). The molecule has 1 heterocycles. The number of aromatic nitrogens is 2. The normalized spacial score (nSPS) is 10.7. The van der Waals surface area contributed by atoms with Gasteiger partial charge in [-0.3, -0.25) is 4.79 Å². The maximum absolute atomic E-state index is 13.7. The first-order chi connectivity index (χ1) is 12.0. The van der Waals surface area contributed by atoms with Crippen LogP contribution in [0.2, 0.25) is 0 Å². The van der Waals surface area contributed by atoms with Crippen LogP contribution < -0.4 is 0 Å². The van der Waals surface area contributed by atoms with E-state index in [1.165, 1.54) is 11.0 Å². The first-order valence-electron chi connectivity index (χ1n) is 7.90. The molecular formula is C19H18FN3O2. The second kappa shape index (κ2) is 7.25. The van der Waals surface area contributed by atoms with Gasteiger partial charge in [0.25, 0.3) is 0 Å². The van der Waals surface area contributed by atoms with Gasteiger partial charge in [-0.25, -0.2) is 4.39 Å². The number of carbonyl (C=O) groups is 1. The zero-order chi connectivity index (χ0) is 17.8. The summed E-state index contributed by atoms with van der Waals surface area (Å²) in [7, 11) is 1.62. The minimum absolute atomic E-state index is 0.0119. The number of hydrogen-bond donors (Lipinski definition) is 0. The molecule has 2 aromatic carbocycles. The third-order valence-corrected chi connectivity index (χ3v) is 3.84. The number of nitrogens with zero attached hydrogens (tertiary/aromatic N) is 3. The van der Waals surface area contributed by atoms with Crippen molar-refractivity contribution in [2.45, 2.75) is 19.9 Å². The van der Waals surface area contributed by atoms with Crippen molar-refractivity contribution in [1.82, 2.24) is 15.0 Å². The van der Waals surface area contributed by atoms with Gasteiger partial charge in [0, 0.05) is 12.6 Å². The van der Waals surface area contributed by atoms with E-state index < -0.39 is 0 Å². The third kappa shape index (κ3) is 4.09. The van der Waals surface area contributed by atoms with Gasteiger partial charge in [0.2, 0.25) is 17.6 Å². The molecule has 1 amide bonds. The van der Waals surface area contributed by atoms with Crippen LogP contribution in [0, 0.1) is 12.7 Å². The lowest BCUT2D eigenvalue weighted by molar-refractivity contribution is -0.130. The Balaban J connectivity index is 1.66. The van der Waals surface area contributed by atoms with Crippen molar-refractivity contribution in [2.24, 2.45) is 0 Å². The van der Waals surface area contributed by atoms with Crippen LogP contribution in [0.15, 0.2) is 53.1 Å². The van der Waals surface area contributed by atoms with Gasteiger partial charge in [0.05, 0.1) is 13.0 Å². The van der Waals surface area contributed by atoms with Gasteiger partial charge in [-0.1, -0.05) is 47.1 Å². The molecule has 0 saturated heterocycles. The highest BCUT2D eigenvalue weighted by atomic mass is 19.1. The van der Waals surface area contributed by atoms with Crippen LogP contribution in [-0.2, 0) is 17.8 Å². The lowest BCUT2D eigenvalue weighted by atomic mass is 10.1. The third-order valence-electron chi connectivity index (χ3n) is 3.84. The molecule has 6 heteroatoms. The fourth-order valence-corrected chi connectivity index (χ4v) is 2.45. The van der Waals surface area contributed by atoms with Gasteiger partial charge >= 0.3 is 0 Å². The number of aryl methyl sites for hydroxylation is 1. The fraction of sp³-hybridized carbons (Fsp3) is 0.211. The Bertz CT molecular complexity index is 892. The zero-order valence-electron chi connectivity index (χ0n) is 14.1. The molecule has 0 atom stereocenters. The largest absolute Gasteiger partial charge is 0.337 e. The van der Waals surface area contributed by atoms with Crippen LogP contribution >= 0.6 is 0 Å². The van der Waals surface area contributed by atoms with E-state index in [1.54, 1.807) is 25.2 Å². The molecule has 0 aliphatic rings. The van der Waals surface area contributed by atoms with Crippen molar-refractivity contribution in [1.29, 1.82) is 0 Å². The molecule has 0 aliphatic heterocycles. The first kappa shape index (κ1) is 16.8. The maximum Gasteiger partial charge on any atom is 0.246 e. The van der Waals surface area contributed by atoms with Crippen molar-refractivity contribution in [2.75, 3.05) is 7.05 Å². The van der Waals surface area contributed by atoms with Gasteiger partial charge in [-0.2, -0.15) is 4.98 Å². The summed E-state index contributed by atoms with van der Waals surface area (Å²) < 4.78 is 18.9. The maximum atomic E-state index is 13.7. The molecule has 128 valence electrons. The van der Waals surface area contributed by atoms with E-state index in [0.29, 0.717) is 17.3 Å². The Hall–Kier alpha value is -3.02. The van der Waals surface area contributed by atoms with Gasteiger partial charge in [-0.15, -0.1) is 0 Å². The second-order valence-electron chi connectivity index (χ2n) is 5.90. The Morgan fingerprint density at radius 1 is 1.20 bits per heavy atom. The van der Waals surface area contributed by atoms with E-state index in [0.717, 1.165) is 11.1 Å². The van der Waals surface area contributed by atoms with Crippen LogP contribution in [0.3, 0.4) is 0 Å². The Morgan fingerprint density at radius 2 is 2.00 bits per heavy atom. The lowest BCUT2D eigenvalue weighted by Crippen LogP contribution is -2.28. The molecule has 1 aromatic heterocycles. The van der Waals surface area contributed by atoms with Gasteiger partial charge in [-0.05, 0) is 24.6 Å². The SMILES string of the molecule is Cc1cccc(-c2noc(CN(C)C(=O)Cc3ccccc3F)n2)c1. The molecule has 0 fully saturated rings. The van der Waals surface area contributed by atoms with E-state index in [-0.39, 0.29) is 24.7 Å². The highest BCUT2D eigenvalue weighted by Crippen LogP contribution is 2.17. The quantitative estimate of drug-likeness (QED) is 0.715. The average Bonchev–Trinajstić information content (AvgIpc) is 3.05. The smallest absolute Gasteiger partial charge is 0.246 e. The first-order valence-corrected chi connectivity index (χ1v) is 7.90. The summed E-state index contributed by atoms with van der Waals surface area (Å²) in [4.78, 5) is 18.0. The summed E-state index contributed by atoms with van der Waals surface area (Å²) in [5.41, 5.74) is 2.32. The lowest BCUT2D eigenvalue weighted by Gasteiger charge is -2.14. The van der Waals surface area contributed by atoms with Crippen LogP contribution in [0.25, 0.3) is 11.4 Å². The highest BCUT2D eigenvalue weighted by Gasteiger charge is 2.16. The van der Waals surface area contributed by atoms with Gasteiger partial charge in [0.1, 0.15) is 5.82 Å². The van der Waals surface area contributed by atoms with E-state index in [9.17, 15) is 9.18 Å². The molecular weight excluding hydrogens is 321 g/mol. The number of amides is 1. The van der Waals surface area contributed by atoms with Crippen LogP contribution in [0.4, 0.5) is 4.39 Å². The predicted molar refractivity (Wildman–Crippen MR) is 91.0 cm³/mol. The average molecular weight is 339 g/mol.